The first-order chi connectivity index (χ1) is 16.8. The van der Waals surface area contributed by atoms with Crippen LogP contribution in [0.25, 0.3) is 27.7 Å². The molecule has 0 saturated carbocycles. The summed E-state index contributed by atoms with van der Waals surface area (Å²) < 4.78 is 12.1. The molecule has 180 valence electrons. The Hall–Kier alpha value is -3.79. The number of anilines is 1. The van der Waals surface area contributed by atoms with Gasteiger partial charge in [-0.05, 0) is 81.5 Å². The van der Waals surface area contributed by atoms with Gasteiger partial charge < -0.3 is 14.5 Å². The number of allylic oxidation sites excluding steroid dienone is 1. The average Bonchev–Trinajstić information content (AvgIpc) is 3.25. The van der Waals surface area contributed by atoms with Gasteiger partial charge in [0.2, 0.25) is 5.91 Å². The molecule has 0 saturated heterocycles. The molecule has 0 aliphatic heterocycles. The number of rotatable bonds is 7. The van der Waals surface area contributed by atoms with Gasteiger partial charge in [0.15, 0.2) is 0 Å². The highest BCUT2D eigenvalue weighted by atomic mass is 16.5. The summed E-state index contributed by atoms with van der Waals surface area (Å²) in [5.41, 5.74) is 10.1. The zero-order valence-electron chi connectivity index (χ0n) is 21.4. The fourth-order valence-electron chi connectivity index (χ4n) is 4.54. The Morgan fingerprint density at radius 3 is 2.40 bits per heavy atom. The molecule has 0 spiro atoms. The number of furan rings is 1. The molecule has 1 amide bonds. The lowest BCUT2D eigenvalue weighted by atomic mass is 9.94. The summed E-state index contributed by atoms with van der Waals surface area (Å²) in [6, 6.07) is 16.5. The first-order valence-electron chi connectivity index (χ1n) is 12.2. The van der Waals surface area contributed by atoms with E-state index in [4.69, 9.17) is 9.15 Å². The maximum Gasteiger partial charge on any atom is 0.248 e. The molecule has 4 nitrogen and oxygen atoms in total. The van der Waals surface area contributed by atoms with Crippen molar-refractivity contribution in [3.8, 4) is 16.9 Å². The summed E-state index contributed by atoms with van der Waals surface area (Å²) in [6.07, 6.45) is 4.42. The zero-order valence-corrected chi connectivity index (χ0v) is 21.4. The van der Waals surface area contributed by atoms with Gasteiger partial charge in [-0.15, -0.1) is 0 Å². The predicted octanol–water partition coefficient (Wildman–Crippen LogP) is 8.03. The highest BCUT2D eigenvalue weighted by molar-refractivity contribution is 6.06. The lowest BCUT2D eigenvalue weighted by Crippen LogP contribution is -2.09. The third kappa shape index (κ3) is 5.02. The quantitative estimate of drug-likeness (QED) is 0.280. The maximum absolute atomic E-state index is 12.8. The van der Waals surface area contributed by atoms with E-state index in [1.165, 1.54) is 16.7 Å². The Morgan fingerprint density at radius 1 is 1.00 bits per heavy atom. The molecule has 0 fully saturated rings. The van der Waals surface area contributed by atoms with E-state index in [9.17, 15) is 4.79 Å². The molecule has 3 aromatic carbocycles. The van der Waals surface area contributed by atoms with Gasteiger partial charge in [0.05, 0.1) is 12.9 Å². The van der Waals surface area contributed by atoms with Crippen molar-refractivity contribution in [1.82, 2.24) is 0 Å². The second-order valence-electron chi connectivity index (χ2n) is 9.02. The predicted molar refractivity (Wildman–Crippen MR) is 145 cm³/mol. The van der Waals surface area contributed by atoms with Gasteiger partial charge in [0.25, 0.3) is 0 Å². The minimum Gasteiger partial charge on any atom is -0.493 e. The van der Waals surface area contributed by atoms with Gasteiger partial charge >= 0.3 is 0 Å². The summed E-state index contributed by atoms with van der Waals surface area (Å²) >= 11 is 0. The average molecular weight is 468 g/mol. The second kappa shape index (κ2) is 10.2. The van der Waals surface area contributed by atoms with Gasteiger partial charge in [0.1, 0.15) is 11.3 Å². The summed E-state index contributed by atoms with van der Waals surface area (Å²) in [4.78, 5) is 12.8. The molecule has 4 heteroatoms. The smallest absolute Gasteiger partial charge is 0.248 e. The number of amides is 1. The monoisotopic (exact) mass is 467 g/mol. The van der Waals surface area contributed by atoms with Crippen molar-refractivity contribution in [3.05, 3.63) is 88.7 Å². The maximum atomic E-state index is 12.8. The summed E-state index contributed by atoms with van der Waals surface area (Å²) in [6.45, 7) is 12.8. The van der Waals surface area contributed by atoms with Crippen molar-refractivity contribution in [2.24, 2.45) is 0 Å². The molecule has 0 radical (unpaired) electrons. The number of carbonyl (C=O) groups excluding carboxylic acids is 1. The van der Waals surface area contributed by atoms with Gasteiger partial charge in [-0.25, -0.2) is 0 Å². The number of carbonyl (C=O) groups is 1. The van der Waals surface area contributed by atoms with E-state index in [1.807, 2.05) is 51.3 Å². The SMILES string of the molecule is CCOc1c(/C(C)=C/C(=O)Nc2ccc(CC)cc2)cc2c(-c3ccc(C)cc3C)coc2c1C. The molecule has 0 aliphatic carbocycles. The number of aryl methyl sites for hydroxylation is 4. The van der Waals surface area contributed by atoms with Crippen LogP contribution in [0.4, 0.5) is 5.69 Å². The first kappa shape index (κ1) is 24.3. The van der Waals surface area contributed by atoms with Gasteiger partial charge in [0, 0.05) is 33.8 Å². The molecular weight excluding hydrogens is 434 g/mol. The summed E-state index contributed by atoms with van der Waals surface area (Å²) in [5, 5.41) is 3.98. The normalized spacial score (nSPS) is 11.7. The number of benzene rings is 3. The molecule has 35 heavy (non-hydrogen) atoms. The van der Waals surface area contributed by atoms with Gasteiger partial charge in [-0.2, -0.15) is 0 Å². The first-order valence-corrected chi connectivity index (χ1v) is 12.2. The fourth-order valence-corrected chi connectivity index (χ4v) is 4.54. The minimum absolute atomic E-state index is 0.172. The Labute approximate surface area is 207 Å². The number of ether oxygens (including phenoxy) is 1. The number of fused-ring (bicyclic) bond motifs is 1. The molecular formula is C31H33NO3. The minimum atomic E-state index is -0.172. The van der Waals surface area contributed by atoms with E-state index in [0.29, 0.717) is 6.61 Å². The van der Waals surface area contributed by atoms with Gasteiger partial charge in [-0.1, -0.05) is 42.8 Å². The van der Waals surface area contributed by atoms with E-state index in [1.54, 1.807) is 6.08 Å². The lowest BCUT2D eigenvalue weighted by molar-refractivity contribution is -0.111. The molecule has 1 N–H and O–H groups in total. The van der Waals surface area contributed by atoms with E-state index >= 15 is 0 Å². The molecule has 4 aromatic rings. The highest BCUT2D eigenvalue weighted by Gasteiger charge is 2.20. The van der Waals surface area contributed by atoms with Crippen LogP contribution in [-0.2, 0) is 11.2 Å². The van der Waals surface area contributed by atoms with Crippen LogP contribution in [-0.4, -0.2) is 12.5 Å². The van der Waals surface area contributed by atoms with Crippen molar-refractivity contribution in [3.63, 3.8) is 0 Å². The van der Waals surface area contributed by atoms with E-state index in [2.05, 4.69) is 50.4 Å². The largest absolute Gasteiger partial charge is 0.493 e. The van der Waals surface area contributed by atoms with E-state index < -0.39 is 0 Å². The van der Waals surface area contributed by atoms with Gasteiger partial charge in [-0.3, -0.25) is 4.79 Å². The third-order valence-electron chi connectivity index (χ3n) is 6.41. The lowest BCUT2D eigenvalue weighted by Gasteiger charge is -2.15. The molecule has 4 rings (SSSR count). The van der Waals surface area contributed by atoms with Crippen molar-refractivity contribution < 1.29 is 13.9 Å². The fraction of sp³-hybridized carbons (Fsp3) is 0.258. The molecule has 1 heterocycles. The standard InChI is InChI=1S/C31H33NO3/c1-7-23-10-12-24(13-11-23)32-29(33)16-21(5)26-17-27-28(25-14-9-19(3)15-20(25)4)18-35-31(27)22(6)30(26)34-8-2/h9-18H,7-8H2,1-6H3,(H,32,33)/b21-16+. The third-order valence-corrected chi connectivity index (χ3v) is 6.41. The van der Waals surface area contributed by atoms with Crippen LogP contribution in [0.3, 0.4) is 0 Å². The Balaban J connectivity index is 1.76. The number of hydrogen-bond acceptors (Lipinski definition) is 3. The van der Waals surface area contributed by atoms with Crippen molar-refractivity contribution >= 4 is 28.1 Å². The molecule has 0 bridgehead atoms. The van der Waals surface area contributed by atoms with Crippen molar-refractivity contribution in [1.29, 1.82) is 0 Å². The molecule has 0 unspecified atom stereocenters. The summed E-state index contributed by atoms with van der Waals surface area (Å²) in [5.74, 6) is 0.573. The number of hydrogen-bond donors (Lipinski definition) is 1. The van der Waals surface area contributed by atoms with Crippen LogP contribution < -0.4 is 10.1 Å². The summed E-state index contributed by atoms with van der Waals surface area (Å²) in [7, 11) is 0. The van der Waals surface area contributed by atoms with Crippen molar-refractivity contribution in [2.45, 2.75) is 48.0 Å². The van der Waals surface area contributed by atoms with E-state index in [0.717, 1.165) is 56.7 Å². The van der Waals surface area contributed by atoms with Crippen LogP contribution in [0.5, 0.6) is 5.75 Å². The van der Waals surface area contributed by atoms with Crippen LogP contribution in [0.2, 0.25) is 0 Å². The topological polar surface area (TPSA) is 51.5 Å². The molecule has 0 atom stereocenters. The Kier molecular flexibility index (Phi) is 7.11. The Bertz CT molecular complexity index is 1410. The highest BCUT2D eigenvalue weighted by Crippen LogP contribution is 2.41. The zero-order chi connectivity index (χ0) is 25.1. The number of nitrogens with one attached hydrogen (secondary N) is 1. The molecule has 1 aromatic heterocycles. The second-order valence-corrected chi connectivity index (χ2v) is 9.02. The van der Waals surface area contributed by atoms with Crippen molar-refractivity contribution in [2.75, 3.05) is 11.9 Å². The van der Waals surface area contributed by atoms with Crippen LogP contribution in [0.1, 0.15) is 48.6 Å². The Morgan fingerprint density at radius 2 is 1.74 bits per heavy atom. The van der Waals surface area contributed by atoms with Crippen LogP contribution >= 0.6 is 0 Å². The van der Waals surface area contributed by atoms with Crippen LogP contribution in [0, 0.1) is 20.8 Å². The van der Waals surface area contributed by atoms with Crippen LogP contribution in [0.15, 0.2) is 65.3 Å². The molecule has 0 aliphatic rings. The van der Waals surface area contributed by atoms with E-state index in [-0.39, 0.29) is 5.91 Å².